The van der Waals surface area contributed by atoms with Gasteiger partial charge in [-0.2, -0.15) is 0 Å². The number of guanidine groups is 1. The summed E-state index contributed by atoms with van der Waals surface area (Å²) in [4.78, 5) is 4.50. The molecule has 0 bridgehead atoms. The van der Waals surface area contributed by atoms with Gasteiger partial charge in [0, 0.05) is 12.0 Å². The van der Waals surface area contributed by atoms with E-state index in [1.165, 1.54) is 31.2 Å². The SMILES string of the molecule is COc1ccc(CN=C(N)NCC2(c3ccccc3)CCCC2)cc1OC.I. The molecule has 0 aromatic heterocycles. The number of methoxy groups -OCH3 is 2. The fourth-order valence-electron chi connectivity index (χ4n) is 3.88. The van der Waals surface area contributed by atoms with Crippen LogP contribution in [-0.4, -0.2) is 26.7 Å². The molecule has 6 heteroatoms. The van der Waals surface area contributed by atoms with Gasteiger partial charge in [0.15, 0.2) is 17.5 Å². The number of hydrogen-bond donors (Lipinski definition) is 2. The molecule has 28 heavy (non-hydrogen) atoms. The van der Waals surface area contributed by atoms with E-state index in [0.717, 1.165) is 12.1 Å². The highest BCUT2D eigenvalue weighted by Crippen LogP contribution is 2.40. The largest absolute Gasteiger partial charge is 0.493 e. The minimum absolute atomic E-state index is 0. The Morgan fingerprint density at radius 2 is 1.71 bits per heavy atom. The second-order valence-electron chi connectivity index (χ2n) is 7.10. The van der Waals surface area contributed by atoms with Crippen LogP contribution in [0.15, 0.2) is 53.5 Å². The number of aliphatic imine (C=N–C) groups is 1. The highest BCUT2D eigenvalue weighted by Gasteiger charge is 2.35. The van der Waals surface area contributed by atoms with Crippen molar-refractivity contribution in [3.8, 4) is 11.5 Å². The summed E-state index contributed by atoms with van der Waals surface area (Å²) in [5, 5.41) is 3.36. The predicted octanol–water partition coefficient (Wildman–Crippen LogP) is 4.24. The maximum Gasteiger partial charge on any atom is 0.188 e. The number of ether oxygens (including phenoxy) is 2. The summed E-state index contributed by atoms with van der Waals surface area (Å²) in [7, 11) is 3.26. The van der Waals surface area contributed by atoms with Crippen LogP contribution in [0.4, 0.5) is 0 Å². The number of nitrogens with zero attached hydrogens (tertiary/aromatic N) is 1. The number of nitrogens with one attached hydrogen (secondary N) is 1. The van der Waals surface area contributed by atoms with Crippen molar-refractivity contribution in [2.75, 3.05) is 20.8 Å². The van der Waals surface area contributed by atoms with E-state index in [1.54, 1.807) is 14.2 Å². The summed E-state index contributed by atoms with van der Waals surface area (Å²) < 4.78 is 10.6. The van der Waals surface area contributed by atoms with Crippen molar-refractivity contribution in [3.63, 3.8) is 0 Å². The zero-order chi connectivity index (χ0) is 19.1. The van der Waals surface area contributed by atoms with Crippen molar-refractivity contribution in [2.45, 2.75) is 37.6 Å². The Labute approximate surface area is 184 Å². The lowest BCUT2D eigenvalue weighted by atomic mass is 9.79. The monoisotopic (exact) mass is 495 g/mol. The van der Waals surface area contributed by atoms with Crippen LogP contribution in [0.25, 0.3) is 0 Å². The molecule has 1 aliphatic rings. The Kier molecular flexibility index (Phi) is 8.41. The van der Waals surface area contributed by atoms with Gasteiger partial charge in [0.25, 0.3) is 0 Å². The van der Waals surface area contributed by atoms with E-state index in [2.05, 4.69) is 40.6 Å². The Morgan fingerprint density at radius 1 is 1.04 bits per heavy atom. The highest BCUT2D eigenvalue weighted by molar-refractivity contribution is 14.0. The predicted molar refractivity (Wildman–Crippen MR) is 125 cm³/mol. The first-order valence-corrected chi connectivity index (χ1v) is 9.47. The highest BCUT2D eigenvalue weighted by atomic mass is 127. The van der Waals surface area contributed by atoms with Crippen LogP contribution in [-0.2, 0) is 12.0 Å². The molecule has 2 aromatic carbocycles. The maximum absolute atomic E-state index is 6.15. The molecule has 1 fully saturated rings. The van der Waals surface area contributed by atoms with Gasteiger partial charge in [0.2, 0.25) is 0 Å². The topological polar surface area (TPSA) is 68.9 Å². The van der Waals surface area contributed by atoms with Gasteiger partial charge >= 0.3 is 0 Å². The number of benzene rings is 2. The maximum atomic E-state index is 6.15. The summed E-state index contributed by atoms with van der Waals surface area (Å²) in [6.07, 6.45) is 4.90. The number of rotatable bonds is 7. The van der Waals surface area contributed by atoms with Crippen LogP contribution in [0.1, 0.15) is 36.8 Å². The lowest BCUT2D eigenvalue weighted by molar-refractivity contribution is 0.354. The molecular weight excluding hydrogens is 465 g/mol. The van der Waals surface area contributed by atoms with E-state index in [1.807, 2.05) is 18.2 Å². The van der Waals surface area contributed by atoms with Crippen LogP contribution < -0.4 is 20.5 Å². The average Bonchev–Trinajstić information content (AvgIpc) is 3.21. The van der Waals surface area contributed by atoms with Crippen molar-refractivity contribution in [1.82, 2.24) is 5.32 Å². The first kappa shape index (κ1) is 22.3. The van der Waals surface area contributed by atoms with Gasteiger partial charge in [-0.3, -0.25) is 0 Å². The van der Waals surface area contributed by atoms with E-state index in [0.29, 0.717) is 24.0 Å². The summed E-state index contributed by atoms with van der Waals surface area (Å²) in [5.41, 5.74) is 8.72. The van der Waals surface area contributed by atoms with Crippen molar-refractivity contribution in [3.05, 3.63) is 59.7 Å². The normalized spacial score (nSPS) is 15.6. The molecular formula is C22H30IN3O2. The standard InChI is InChI=1S/C22H29N3O2.HI/c1-26-19-11-10-17(14-20(19)27-2)15-24-21(23)25-16-22(12-6-7-13-22)18-8-4-3-5-9-18;/h3-5,8-11,14H,6-7,12-13,15-16H2,1-2H3,(H3,23,24,25);1H. The number of hydrogen-bond acceptors (Lipinski definition) is 3. The molecule has 0 heterocycles. The fraction of sp³-hybridized carbons (Fsp3) is 0.409. The molecule has 0 saturated heterocycles. The molecule has 152 valence electrons. The van der Waals surface area contributed by atoms with E-state index in [-0.39, 0.29) is 29.4 Å². The smallest absolute Gasteiger partial charge is 0.188 e. The van der Waals surface area contributed by atoms with Crippen molar-refractivity contribution in [1.29, 1.82) is 0 Å². The zero-order valence-corrected chi connectivity index (χ0v) is 18.9. The average molecular weight is 495 g/mol. The molecule has 0 unspecified atom stereocenters. The summed E-state index contributed by atoms with van der Waals surface area (Å²) >= 11 is 0. The Balaban J connectivity index is 0.00000280. The first-order chi connectivity index (χ1) is 13.2. The second-order valence-corrected chi connectivity index (χ2v) is 7.10. The molecule has 0 atom stereocenters. The summed E-state index contributed by atoms with van der Waals surface area (Å²) in [6.45, 7) is 1.32. The lowest BCUT2D eigenvalue weighted by Gasteiger charge is -2.30. The van der Waals surface area contributed by atoms with Crippen molar-refractivity contribution < 1.29 is 9.47 Å². The van der Waals surface area contributed by atoms with E-state index >= 15 is 0 Å². The third-order valence-corrected chi connectivity index (χ3v) is 5.43. The van der Waals surface area contributed by atoms with Gasteiger partial charge in [-0.1, -0.05) is 49.2 Å². The third-order valence-electron chi connectivity index (χ3n) is 5.43. The van der Waals surface area contributed by atoms with Gasteiger partial charge in [-0.15, -0.1) is 24.0 Å². The molecule has 0 aliphatic heterocycles. The van der Waals surface area contributed by atoms with Crippen LogP contribution >= 0.6 is 24.0 Å². The molecule has 1 aliphatic carbocycles. The molecule has 3 N–H and O–H groups in total. The summed E-state index contributed by atoms with van der Waals surface area (Å²) in [5.74, 6) is 1.89. The Morgan fingerprint density at radius 3 is 2.36 bits per heavy atom. The van der Waals surface area contributed by atoms with E-state index in [9.17, 15) is 0 Å². The molecule has 1 saturated carbocycles. The molecule has 5 nitrogen and oxygen atoms in total. The zero-order valence-electron chi connectivity index (χ0n) is 16.6. The van der Waals surface area contributed by atoms with Crippen LogP contribution in [0.3, 0.4) is 0 Å². The fourth-order valence-corrected chi connectivity index (χ4v) is 3.88. The molecule has 2 aromatic rings. The van der Waals surface area contributed by atoms with E-state index < -0.39 is 0 Å². The molecule has 3 rings (SSSR count). The molecule has 0 radical (unpaired) electrons. The molecule has 0 spiro atoms. The van der Waals surface area contributed by atoms with E-state index in [4.69, 9.17) is 15.2 Å². The van der Waals surface area contributed by atoms with Crippen LogP contribution in [0, 0.1) is 0 Å². The Hall–Kier alpha value is -1.96. The van der Waals surface area contributed by atoms with Crippen molar-refractivity contribution in [2.24, 2.45) is 10.7 Å². The quantitative estimate of drug-likeness (QED) is 0.343. The minimum atomic E-state index is 0. The summed E-state index contributed by atoms with van der Waals surface area (Å²) in [6, 6.07) is 16.5. The van der Waals surface area contributed by atoms with Gasteiger partial charge in [-0.25, -0.2) is 4.99 Å². The van der Waals surface area contributed by atoms with Gasteiger partial charge < -0.3 is 20.5 Å². The lowest BCUT2D eigenvalue weighted by Crippen LogP contribution is -2.42. The number of nitrogens with two attached hydrogens (primary N) is 1. The van der Waals surface area contributed by atoms with Crippen LogP contribution in [0.2, 0.25) is 0 Å². The first-order valence-electron chi connectivity index (χ1n) is 9.47. The molecule has 0 amide bonds. The Bertz CT molecular complexity index is 775. The van der Waals surface area contributed by atoms with Gasteiger partial charge in [0.05, 0.1) is 20.8 Å². The third kappa shape index (κ3) is 5.31. The van der Waals surface area contributed by atoms with Gasteiger partial charge in [-0.05, 0) is 36.1 Å². The van der Waals surface area contributed by atoms with Crippen molar-refractivity contribution >= 4 is 29.9 Å². The van der Waals surface area contributed by atoms with Gasteiger partial charge in [0.1, 0.15) is 0 Å². The second kappa shape index (κ2) is 10.5. The van der Waals surface area contributed by atoms with Crippen LogP contribution in [0.5, 0.6) is 11.5 Å². The minimum Gasteiger partial charge on any atom is -0.493 e. The number of halogens is 1.